The highest BCUT2D eigenvalue weighted by Gasteiger charge is 2.25. The summed E-state index contributed by atoms with van der Waals surface area (Å²) in [5, 5.41) is 5.32. The van der Waals surface area contributed by atoms with Crippen molar-refractivity contribution in [2.75, 3.05) is 50.1 Å². The second-order valence-corrected chi connectivity index (χ2v) is 9.33. The van der Waals surface area contributed by atoms with Gasteiger partial charge in [-0.15, -0.1) is 11.3 Å². The monoisotopic (exact) mass is 481 g/mol. The van der Waals surface area contributed by atoms with Crippen molar-refractivity contribution in [2.24, 2.45) is 0 Å². The number of carbonyl (C=O) groups is 2. The third kappa shape index (κ3) is 5.29. The van der Waals surface area contributed by atoms with E-state index in [0.717, 1.165) is 41.0 Å². The van der Waals surface area contributed by atoms with E-state index in [1.807, 2.05) is 37.4 Å². The van der Waals surface area contributed by atoms with Gasteiger partial charge in [0.15, 0.2) is 0 Å². The number of amides is 1. The van der Waals surface area contributed by atoms with Crippen molar-refractivity contribution in [3.05, 3.63) is 70.4 Å². The molecular formula is C26H28FN3O3S. The Morgan fingerprint density at radius 2 is 1.74 bits per heavy atom. The second kappa shape index (κ2) is 10.4. The molecule has 1 aromatic heterocycles. The average Bonchev–Trinajstić information content (AvgIpc) is 3.24. The Morgan fingerprint density at radius 1 is 1.03 bits per heavy atom. The van der Waals surface area contributed by atoms with Crippen LogP contribution in [-0.4, -0.2) is 56.6 Å². The van der Waals surface area contributed by atoms with Gasteiger partial charge in [0.05, 0.1) is 13.7 Å². The minimum absolute atomic E-state index is 0.172. The summed E-state index contributed by atoms with van der Waals surface area (Å²) >= 11 is 1.33. The van der Waals surface area contributed by atoms with Gasteiger partial charge in [-0.1, -0.05) is 23.8 Å². The lowest BCUT2D eigenvalue weighted by atomic mass is 9.97. The number of carbonyl (C=O) groups excluding carboxylic acids is 2. The van der Waals surface area contributed by atoms with Gasteiger partial charge in [0.1, 0.15) is 16.4 Å². The molecule has 0 atom stereocenters. The number of hydrogen-bond donors (Lipinski definition) is 1. The topological polar surface area (TPSA) is 61.9 Å². The Labute approximate surface area is 203 Å². The van der Waals surface area contributed by atoms with Crippen LogP contribution in [0.3, 0.4) is 0 Å². The number of methoxy groups -OCH3 is 1. The Balaban J connectivity index is 1.43. The number of ether oxygens (including phenoxy) is 1. The lowest BCUT2D eigenvalue weighted by molar-refractivity contribution is -0.117. The smallest absolute Gasteiger partial charge is 0.341 e. The first-order chi connectivity index (χ1) is 16.4. The molecule has 0 spiro atoms. The Hall–Kier alpha value is -3.23. The van der Waals surface area contributed by atoms with E-state index >= 15 is 0 Å². The van der Waals surface area contributed by atoms with E-state index in [2.05, 4.69) is 15.1 Å². The number of hydrogen-bond acceptors (Lipinski definition) is 6. The van der Waals surface area contributed by atoms with Gasteiger partial charge < -0.3 is 15.0 Å². The highest BCUT2D eigenvalue weighted by molar-refractivity contribution is 7.15. The van der Waals surface area contributed by atoms with Gasteiger partial charge in [-0.05, 0) is 49.2 Å². The molecule has 0 radical (unpaired) electrons. The van der Waals surface area contributed by atoms with Crippen molar-refractivity contribution in [2.45, 2.75) is 13.8 Å². The summed E-state index contributed by atoms with van der Waals surface area (Å²) in [4.78, 5) is 29.7. The molecule has 8 heteroatoms. The predicted octanol–water partition coefficient (Wildman–Crippen LogP) is 4.72. The molecule has 1 aliphatic heterocycles. The molecule has 0 saturated carbocycles. The quantitative estimate of drug-likeness (QED) is 0.517. The zero-order valence-electron chi connectivity index (χ0n) is 19.6. The summed E-state index contributed by atoms with van der Waals surface area (Å²) in [5.41, 5.74) is 5.22. The maximum absolute atomic E-state index is 13.2. The number of rotatable bonds is 6. The van der Waals surface area contributed by atoms with Crippen LogP contribution in [0.25, 0.3) is 11.1 Å². The van der Waals surface area contributed by atoms with Gasteiger partial charge in [-0.25, -0.2) is 9.18 Å². The van der Waals surface area contributed by atoms with Crippen LogP contribution >= 0.6 is 11.3 Å². The third-order valence-corrected chi connectivity index (χ3v) is 6.94. The van der Waals surface area contributed by atoms with E-state index in [1.165, 1.54) is 30.6 Å². The molecule has 34 heavy (non-hydrogen) atoms. The summed E-state index contributed by atoms with van der Waals surface area (Å²) in [7, 11) is 1.35. The second-order valence-electron chi connectivity index (χ2n) is 8.45. The Kier molecular flexibility index (Phi) is 7.29. The summed E-state index contributed by atoms with van der Waals surface area (Å²) in [5.74, 6) is -0.894. The van der Waals surface area contributed by atoms with Gasteiger partial charge in [-0.2, -0.15) is 0 Å². The van der Waals surface area contributed by atoms with Crippen LogP contribution in [0.4, 0.5) is 15.1 Å². The van der Waals surface area contributed by atoms with Crippen molar-refractivity contribution in [3.63, 3.8) is 0 Å². The lowest BCUT2D eigenvalue weighted by Crippen LogP contribution is -2.48. The molecule has 2 aromatic carbocycles. The van der Waals surface area contributed by atoms with Crippen LogP contribution in [0.5, 0.6) is 0 Å². The first-order valence-electron chi connectivity index (χ1n) is 11.2. The fourth-order valence-electron chi connectivity index (χ4n) is 4.16. The van der Waals surface area contributed by atoms with Crippen molar-refractivity contribution in [3.8, 4) is 11.1 Å². The fourth-order valence-corrected chi connectivity index (χ4v) is 5.13. The van der Waals surface area contributed by atoms with Crippen LogP contribution in [0.1, 0.15) is 21.5 Å². The summed E-state index contributed by atoms with van der Waals surface area (Å²) in [6, 6.07) is 12.6. The molecule has 0 aliphatic carbocycles. The van der Waals surface area contributed by atoms with E-state index < -0.39 is 5.97 Å². The molecule has 6 nitrogen and oxygen atoms in total. The zero-order valence-corrected chi connectivity index (χ0v) is 20.4. The zero-order chi connectivity index (χ0) is 24.2. The van der Waals surface area contributed by atoms with Crippen molar-refractivity contribution in [1.82, 2.24) is 4.90 Å². The standard InChI is InChI=1S/C26H28FN3O3S/c1-17-4-5-18(2)21(14-17)22-16-34-25(24(22)26(32)33-3)28-23(31)15-29-10-12-30(13-11-29)20-8-6-19(27)7-9-20/h4-9,14,16H,10-13,15H2,1-3H3,(H,28,31). The SMILES string of the molecule is COC(=O)c1c(-c2cc(C)ccc2C)csc1NC(=O)CN1CCN(c2ccc(F)cc2)CC1. The normalized spacial score (nSPS) is 14.2. The van der Waals surface area contributed by atoms with Gasteiger partial charge in [0.25, 0.3) is 0 Å². The molecule has 1 amide bonds. The summed E-state index contributed by atoms with van der Waals surface area (Å²) in [6.07, 6.45) is 0. The van der Waals surface area contributed by atoms with Gasteiger partial charge >= 0.3 is 5.97 Å². The van der Waals surface area contributed by atoms with E-state index in [9.17, 15) is 14.0 Å². The van der Waals surface area contributed by atoms with Crippen LogP contribution in [0.2, 0.25) is 0 Å². The number of halogens is 1. The fraction of sp³-hybridized carbons (Fsp3) is 0.308. The highest BCUT2D eigenvalue weighted by Crippen LogP contribution is 2.38. The molecule has 1 fully saturated rings. The molecule has 3 aromatic rings. The molecular weight excluding hydrogens is 453 g/mol. The minimum atomic E-state index is -0.472. The molecule has 178 valence electrons. The number of piperazine rings is 1. The number of nitrogens with zero attached hydrogens (tertiary/aromatic N) is 2. The molecule has 0 unspecified atom stereocenters. The Bertz CT molecular complexity index is 1180. The number of thiophene rings is 1. The number of nitrogens with one attached hydrogen (secondary N) is 1. The molecule has 4 rings (SSSR count). The Morgan fingerprint density at radius 3 is 2.41 bits per heavy atom. The largest absolute Gasteiger partial charge is 0.465 e. The van der Waals surface area contributed by atoms with E-state index in [0.29, 0.717) is 23.7 Å². The van der Waals surface area contributed by atoms with Gasteiger partial charge in [0.2, 0.25) is 5.91 Å². The minimum Gasteiger partial charge on any atom is -0.465 e. The van der Waals surface area contributed by atoms with Gasteiger partial charge in [-0.3, -0.25) is 9.69 Å². The molecule has 0 bridgehead atoms. The van der Waals surface area contributed by atoms with Crippen molar-refractivity contribution in [1.29, 1.82) is 0 Å². The van der Waals surface area contributed by atoms with Crippen molar-refractivity contribution >= 4 is 33.9 Å². The molecule has 1 aliphatic rings. The number of benzene rings is 2. The van der Waals surface area contributed by atoms with Crippen LogP contribution in [0.15, 0.2) is 47.8 Å². The highest BCUT2D eigenvalue weighted by atomic mass is 32.1. The van der Waals surface area contributed by atoms with E-state index in [4.69, 9.17) is 4.74 Å². The molecule has 2 heterocycles. The van der Waals surface area contributed by atoms with E-state index in [1.54, 1.807) is 12.1 Å². The maximum atomic E-state index is 13.2. The molecule has 1 N–H and O–H groups in total. The predicted molar refractivity (Wildman–Crippen MR) is 134 cm³/mol. The summed E-state index contributed by atoms with van der Waals surface area (Å²) in [6.45, 7) is 7.17. The number of esters is 1. The molecule has 1 saturated heterocycles. The number of aryl methyl sites for hydroxylation is 2. The lowest BCUT2D eigenvalue weighted by Gasteiger charge is -2.35. The van der Waals surface area contributed by atoms with Crippen LogP contribution in [0, 0.1) is 19.7 Å². The third-order valence-electron chi connectivity index (χ3n) is 6.05. The maximum Gasteiger partial charge on any atom is 0.341 e. The first kappa shape index (κ1) is 23.9. The summed E-state index contributed by atoms with van der Waals surface area (Å²) < 4.78 is 18.2. The van der Waals surface area contributed by atoms with E-state index in [-0.39, 0.29) is 18.3 Å². The van der Waals surface area contributed by atoms with Crippen LogP contribution in [-0.2, 0) is 9.53 Å². The van der Waals surface area contributed by atoms with Gasteiger partial charge in [0, 0.05) is 42.8 Å². The first-order valence-corrected chi connectivity index (χ1v) is 12.0. The van der Waals surface area contributed by atoms with Crippen LogP contribution < -0.4 is 10.2 Å². The van der Waals surface area contributed by atoms with Crippen molar-refractivity contribution < 1.29 is 18.7 Å². The number of anilines is 2. The average molecular weight is 482 g/mol.